The molecule has 0 unspecified atom stereocenters. The van der Waals surface area contributed by atoms with Crippen molar-refractivity contribution in [1.82, 2.24) is 0 Å². The standard InChI is InChI=1S/C15H20O9/c1-5-6-20-7-11-12(21-8(2)16)13(22-9(3)17)14(15(19)24-11)23-10(4)18/h1,11-15,19H,6-7H2,2-4H3/t11-,12-,13+,14-,15+/m1/s1. The second-order valence-corrected chi connectivity index (χ2v) is 5.01. The quantitative estimate of drug-likeness (QED) is 0.284. The lowest BCUT2D eigenvalue weighted by Gasteiger charge is -2.42. The third kappa shape index (κ3) is 5.81. The van der Waals surface area contributed by atoms with Crippen LogP contribution < -0.4 is 0 Å². The molecule has 0 bridgehead atoms. The first-order valence-electron chi connectivity index (χ1n) is 7.12. The predicted molar refractivity (Wildman–Crippen MR) is 77.2 cm³/mol. The number of terminal acetylenes is 1. The SMILES string of the molecule is C#CCOC[C@H]1O[C@H](O)[C@H](OC(C)=O)[C@@H](OC(C)=O)[C@@H]1OC(C)=O. The van der Waals surface area contributed by atoms with Gasteiger partial charge in [0.05, 0.1) is 6.61 Å². The molecule has 1 fully saturated rings. The molecule has 9 heteroatoms. The Balaban J connectivity index is 3.07. The topological polar surface area (TPSA) is 118 Å². The number of ether oxygens (including phenoxy) is 5. The van der Waals surface area contributed by atoms with E-state index in [9.17, 15) is 19.5 Å². The van der Waals surface area contributed by atoms with E-state index in [2.05, 4.69) is 5.92 Å². The van der Waals surface area contributed by atoms with Gasteiger partial charge in [-0.25, -0.2) is 0 Å². The number of esters is 3. The van der Waals surface area contributed by atoms with Crippen LogP contribution in [0.3, 0.4) is 0 Å². The maximum Gasteiger partial charge on any atom is 0.303 e. The minimum absolute atomic E-state index is 0.0334. The number of aliphatic hydroxyl groups is 1. The highest BCUT2D eigenvalue weighted by Crippen LogP contribution is 2.28. The zero-order valence-electron chi connectivity index (χ0n) is 13.6. The molecule has 0 saturated carbocycles. The molecule has 0 spiro atoms. The fraction of sp³-hybridized carbons (Fsp3) is 0.667. The van der Waals surface area contributed by atoms with Gasteiger partial charge < -0.3 is 28.8 Å². The number of rotatable bonds is 6. The number of hydrogen-bond donors (Lipinski definition) is 1. The van der Waals surface area contributed by atoms with Crippen LogP contribution in [0.25, 0.3) is 0 Å². The molecule has 0 aliphatic carbocycles. The molecule has 134 valence electrons. The largest absolute Gasteiger partial charge is 0.456 e. The van der Waals surface area contributed by atoms with E-state index in [0.717, 1.165) is 20.8 Å². The van der Waals surface area contributed by atoms with Crippen LogP contribution in [-0.2, 0) is 38.1 Å². The van der Waals surface area contributed by atoms with Gasteiger partial charge in [-0.05, 0) is 0 Å². The molecular weight excluding hydrogens is 324 g/mol. The summed E-state index contributed by atoms with van der Waals surface area (Å²) in [6.45, 7) is 3.22. The number of carbonyl (C=O) groups is 3. The van der Waals surface area contributed by atoms with Crippen LogP contribution in [0.4, 0.5) is 0 Å². The van der Waals surface area contributed by atoms with Crippen LogP contribution >= 0.6 is 0 Å². The highest BCUT2D eigenvalue weighted by Gasteiger charge is 2.51. The molecule has 9 nitrogen and oxygen atoms in total. The lowest BCUT2D eigenvalue weighted by atomic mass is 9.98. The molecule has 24 heavy (non-hydrogen) atoms. The Kier molecular flexibility index (Phi) is 7.64. The lowest BCUT2D eigenvalue weighted by Crippen LogP contribution is -2.62. The fourth-order valence-electron chi connectivity index (χ4n) is 2.24. The molecule has 1 aliphatic heterocycles. The first-order valence-corrected chi connectivity index (χ1v) is 7.12. The summed E-state index contributed by atoms with van der Waals surface area (Å²) < 4.78 is 25.6. The van der Waals surface area contributed by atoms with Crippen molar-refractivity contribution in [3.05, 3.63) is 0 Å². The molecule has 1 heterocycles. The first kappa shape index (κ1) is 19.9. The second-order valence-electron chi connectivity index (χ2n) is 5.01. The molecule has 0 amide bonds. The molecule has 1 saturated heterocycles. The van der Waals surface area contributed by atoms with Crippen molar-refractivity contribution in [2.75, 3.05) is 13.2 Å². The van der Waals surface area contributed by atoms with Gasteiger partial charge in [-0.3, -0.25) is 14.4 Å². The zero-order valence-corrected chi connectivity index (χ0v) is 13.6. The smallest absolute Gasteiger partial charge is 0.303 e. The van der Waals surface area contributed by atoms with Gasteiger partial charge in [0.2, 0.25) is 0 Å². The average Bonchev–Trinajstić information content (AvgIpc) is 2.45. The van der Waals surface area contributed by atoms with Crippen LogP contribution in [0, 0.1) is 12.3 Å². The van der Waals surface area contributed by atoms with Gasteiger partial charge in [-0.2, -0.15) is 0 Å². The third-order valence-electron chi connectivity index (χ3n) is 2.98. The molecule has 1 rings (SSSR count). The maximum absolute atomic E-state index is 11.4. The maximum atomic E-state index is 11.4. The third-order valence-corrected chi connectivity index (χ3v) is 2.98. The summed E-state index contributed by atoms with van der Waals surface area (Å²) >= 11 is 0. The summed E-state index contributed by atoms with van der Waals surface area (Å²) in [7, 11) is 0. The fourth-order valence-corrected chi connectivity index (χ4v) is 2.24. The van der Waals surface area contributed by atoms with Crippen molar-refractivity contribution in [1.29, 1.82) is 0 Å². The average molecular weight is 344 g/mol. The normalized spacial score (nSPS) is 29.2. The number of hydrogen-bond acceptors (Lipinski definition) is 9. The van der Waals surface area contributed by atoms with E-state index in [1.165, 1.54) is 0 Å². The van der Waals surface area contributed by atoms with Crippen molar-refractivity contribution in [2.45, 2.75) is 51.5 Å². The van der Waals surface area contributed by atoms with Gasteiger partial charge >= 0.3 is 17.9 Å². The minimum atomic E-state index is -1.61. The highest BCUT2D eigenvalue weighted by molar-refractivity contribution is 5.68. The van der Waals surface area contributed by atoms with Crippen LogP contribution in [0.15, 0.2) is 0 Å². The Hall–Kier alpha value is -2.15. The molecule has 0 aromatic heterocycles. The van der Waals surface area contributed by atoms with Crippen LogP contribution in [0.2, 0.25) is 0 Å². The summed E-state index contributed by atoms with van der Waals surface area (Å²) in [5.41, 5.74) is 0. The van der Waals surface area contributed by atoms with Crippen LogP contribution in [0.1, 0.15) is 20.8 Å². The Morgan fingerprint density at radius 1 is 1.00 bits per heavy atom. The van der Waals surface area contributed by atoms with Gasteiger partial charge in [-0.1, -0.05) is 5.92 Å². The van der Waals surface area contributed by atoms with Gasteiger partial charge in [0.25, 0.3) is 0 Å². The zero-order chi connectivity index (χ0) is 18.3. The summed E-state index contributed by atoms with van der Waals surface area (Å²) in [6.07, 6.45) is -1.29. The van der Waals surface area contributed by atoms with Gasteiger partial charge in [0, 0.05) is 20.8 Å². The van der Waals surface area contributed by atoms with Crippen molar-refractivity contribution in [2.24, 2.45) is 0 Å². The summed E-state index contributed by atoms with van der Waals surface area (Å²) in [5, 5.41) is 10.1. The Morgan fingerprint density at radius 3 is 2.00 bits per heavy atom. The molecule has 5 atom stereocenters. The van der Waals surface area contributed by atoms with E-state index in [0.29, 0.717) is 0 Å². The van der Waals surface area contributed by atoms with Gasteiger partial charge in [0.1, 0.15) is 12.7 Å². The monoisotopic (exact) mass is 344 g/mol. The molecule has 0 aromatic carbocycles. The molecule has 1 aliphatic rings. The minimum Gasteiger partial charge on any atom is -0.456 e. The molecular formula is C15H20O9. The Bertz CT molecular complexity index is 510. The number of aliphatic hydroxyl groups excluding tert-OH is 1. The van der Waals surface area contributed by atoms with Crippen molar-refractivity contribution >= 4 is 17.9 Å². The van der Waals surface area contributed by atoms with Crippen molar-refractivity contribution < 1.29 is 43.2 Å². The summed E-state index contributed by atoms with van der Waals surface area (Å²) in [5.74, 6) is 0.121. The van der Waals surface area contributed by atoms with Crippen molar-refractivity contribution in [3.8, 4) is 12.3 Å². The van der Waals surface area contributed by atoms with Crippen LogP contribution in [0.5, 0.6) is 0 Å². The van der Waals surface area contributed by atoms with E-state index in [1.807, 2.05) is 0 Å². The lowest BCUT2D eigenvalue weighted by molar-refractivity contribution is -0.296. The highest BCUT2D eigenvalue weighted by atomic mass is 16.7. The second kappa shape index (κ2) is 9.22. The van der Waals surface area contributed by atoms with Crippen LogP contribution in [-0.4, -0.2) is 66.9 Å². The van der Waals surface area contributed by atoms with Gasteiger partial charge in [0.15, 0.2) is 24.6 Å². The van der Waals surface area contributed by atoms with E-state index in [4.69, 9.17) is 30.1 Å². The van der Waals surface area contributed by atoms with Gasteiger partial charge in [-0.15, -0.1) is 6.42 Å². The van der Waals surface area contributed by atoms with E-state index >= 15 is 0 Å². The van der Waals surface area contributed by atoms with E-state index in [-0.39, 0.29) is 13.2 Å². The number of carbonyl (C=O) groups excluding carboxylic acids is 3. The summed E-state index contributed by atoms with van der Waals surface area (Å²) in [4.78, 5) is 34.0. The molecule has 0 radical (unpaired) electrons. The Morgan fingerprint density at radius 2 is 1.50 bits per heavy atom. The van der Waals surface area contributed by atoms with E-state index in [1.54, 1.807) is 0 Å². The summed E-state index contributed by atoms with van der Waals surface area (Å²) in [6, 6.07) is 0. The van der Waals surface area contributed by atoms with Crippen molar-refractivity contribution in [3.63, 3.8) is 0 Å². The molecule has 0 aromatic rings. The first-order chi connectivity index (χ1) is 11.3. The van der Waals surface area contributed by atoms with E-state index < -0.39 is 48.6 Å². The molecule has 1 N–H and O–H groups in total. The Labute approximate surface area is 139 Å². The predicted octanol–water partition coefficient (Wildman–Crippen LogP) is -0.851.